The number of nitrogens with one attached hydrogen (secondary N) is 1. The number of carbonyl (C=O) groups is 1. The highest BCUT2D eigenvalue weighted by molar-refractivity contribution is 7.15. The molecule has 0 radical (unpaired) electrons. The van der Waals surface area contributed by atoms with Gasteiger partial charge >= 0.3 is 0 Å². The van der Waals surface area contributed by atoms with Crippen LogP contribution in [0.1, 0.15) is 26.7 Å². The summed E-state index contributed by atoms with van der Waals surface area (Å²) in [4.78, 5) is 16.7. The van der Waals surface area contributed by atoms with Gasteiger partial charge in [0.25, 0.3) is 5.91 Å². The van der Waals surface area contributed by atoms with E-state index in [2.05, 4.69) is 25.7 Å². The van der Waals surface area contributed by atoms with E-state index in [0.29, 0.717) is 33.6 Å². The Balaban J connectivity index is 1.52. The topological polar surface area (TPSA) is 93.8 Å². The average Bonchev–Trinajstić information content (AvgIpc) is 3.28. The zero-order valence-corrected chi connectivity index (χ0v) is 15.5. The van der Waals surface area contributed by atoms with Gasteiger partial charge in [-0.05, 0) is 36.8 Å². The van der Waals surface area contributed by atoms with Crippen molar-refractivity contribution >= 4 is 22.4 Å². The monoisotopic (exact) mass is 395 g/mol. The zero-order valence-electron chi connectivity index (χ0n) is 14.7. The highest BCUT2D eigenvalue weighted by Gasteiger charge is 2.22. The molecule has 140 valence electrons. The summed E-state index contributed by atoms with van der Waals surface area (Å²) in [6.07, 6.45) is 3.66. The lowest BCUT2D eigenvalue weighted by atomic mass is 10.1. The van der Waals surface area contributed by atoms with Gasteiger partial charge in [-0.1, -0.05) is 28.6 Å². The molecule has 1 amide bonds. The van der Waals surface area contributed by atoms with Gasteiger partial charge in [0.2, 0.25) is 5.13 Å². The number of hydrogen-bond acceptors (Lipinski definition) is 7. The van der Waals surface area contributed by atoms with E-state index in [-0.39, 0.29) is 11.7 Å². The summed E-state index contributed by atoms with van der Waals surface area (Å²) in [5.74, 6) is -0.296. The average molecular weight is 395 g/mol. The molecule has 0 aliphatic heterocycles. The van der Waals surface area contributed by atoms with Crippen molar-refractivity contribution in [3.8, 4) is 11.3 Å². The molecule has 0 saturated heterocycles. The van der Waals surface area contributed by atoms with Crippen LogP contribution in [0.2, 0.25) is 0 Å². The van der Waals surface area contributed by atoms with Crippen LogP contribution in [0, 0.1) is 12.7 Å². The molecule has 0 spiro atoms. The summed E-state index contributed by atoms with van der Waals surface area (Å²) in [6, 6.07) is 9.78. The predicted molar refractivity (Wildman–Crippen MR) is 102 cm³/mol. The van der Waals surface area contributed by atoms with Crippen LogP contribution in [-0.4, -0.2) is 26.2 Å². The Kier molecular flexibility index (Phi) is 4.90. The minimum atomic E-state index is -0.390. The Bertz CT molecular complexity index is 1130. The van der Waals surface area contributed by atoms with Gasteiger partial charge in [0.1, 0.15) is 27.8 Å². The number of rotatable bonds is 5. The largest absolute Gasteiger partial charge is 0.360 e. The molecule has 0 unspecified atom stereocenters. The van der Waals surface area contributed by atoms with Crippen LogP contribution in [0.4, 0.5) is 9.52 Å². The fourth-order valence-corrected chi connectivity index (χ4v) is 3.47. The van der Waals surface area contributed by atoms with E-state index in [1.165, 1.54) is 23.5 Å². The number of hydrogen-bond donors (Lipinski definition) is 1. The highest BCUT2D eigenvalue weighted by atomic mass is 32.1. The van der Waals surface area contributed by atoms with Crippen molar-refractivity contribution < 1.29 is 13.7 Å². The minimum absolute atomic E-state index is 0.304. The molecule has 1 N–H and O–H groups in total. The standard InChI is InChI=1S/C19H14FN5O2S/c1-11-16(17(25-27-11)13-5-7-21-8-6-13)18(26)22-19-24-23-15(28-19)10-12-3-2-4-14(20)9-12/h2-9H,10H2,1H3,(H,22,24,26). The number of anilines is 1. The molecule has 4 aromatic rings. The molecule has 0 aliphatic rings. The minimum Gasteiger partial charge on any atom is -0.360 e. The first-order valence-electron chi connectivity index (χ1n) is 8.35. The number of nitrogens with zero attached hydrogens (tertiary/aromatic N) is 4. The molecular formula is C19H14FN5O2S. The first-order valence-corrected chi connectivity index (χ1v) is 9.16. The first-order chi connectivity index (χ1) is 13.6. The molecule has 3 heterocycles. The van der Waals surface area contributed by atoms with E-state index in [0.717, 1.165) is 11.1 Å². The third-order valence-corrected chi connectivity index (χ3v) is 4.81. The SMILES string of the molecule is Cc1onc(-c2ccncc2)c1C(=O)Nc1nnc(Cc2cccc(F)c2)s1. The van der Waals surface area contributed by atoms with Gasteiger partial charge in [-0.2, -0.15) is 0 Å². The Hall–Kier alpha value is -3.46. The van der Waals surface area contributed by atoms with Crippen molar-refractivity contribution in [1.82, 2.24) is 20.3 Å². The van der Waals surface area contributed by atoms with Crippen LogP contribution in [-0.2, 0) is 6.42 Å². The quantitative estimate of drug-likeness (QED) is 0.551. The predicted octanol–water partition coefficient (Wildman–Crippen LogP) is 3.88. The summed E-state index contributed by atoms with van der Waals surface area (Å²) in [5, 5.41) is 15.8. The summed E-state index contributed by atoms with van der Waals surface area (Å²) in [6.45, 7) is 1.67. The number of halogens is 1. The summed E-state index contributed by atoms with van der Waals surface area (Å²) in [7, 11) is 0. The molecule has 4 rings (SSSR count). The molecule has 0 saturated carbocycles. The van der Waals surface area contributed by atoms with Crippen molar-refractivity contribution in [3.63, 3.8) is 0 Å². The lowest BCUT2D eigenvalue weighted by Crippen LogP contribution is -2.13. The van der Waals surface area contributed by atoms with E-state index in [1.54, 1.807) is 37.5 Å². The van der Waals surface area contributed by atoms with Crippen LogP contribution in [0.15, 0.2) is 53.3 Å². The fraction of sp³-hybridized carbons (Fsp3) is 0.105. The van der Waals surface area contributed by atoms with Gasteiger partial charge in [0.05, 0.1) is 0 Å². The molecule has 1 aromatic carbocycles. The van der Waals surface area contributed by atoms with Gasteiger partial charge in [-0.3, -0.25) is 15.1 Å². The van der Waals surface area contributed by atoms with Gasteiger partial charge in [0, 0.05) is 24.4 Å². The number of aryl methyl sites for hydroxylation is 1. The Morgan fingerprint density at radius 1 is 1.21 bits per heavy atom. The van der Waals surface area contributed by atoms with Crippen LogP contribution in [0.25, 0.3) is 11.3 Å². The maximum atomic E-state index is 13.3. The van der Waals surface area contributed by atoms with Crippen LogP contribution in [0.5, 0.6) is 0 Å². The van der Waals surface area contributed by atoms with Crippen LogP contribution >= 0.6 is 11.3 Å². The molecular weight excluding hydrogens is 381 g/mol. The third kappa shape index (κ3) is 3.79. The number of aromatic nitrogens is 4. The molecule has 0 bridgehead atoms. The Morgan fingerprint density at radius 3 is 2.82 bits per heavy atom. The first kappa shape index (κ1) is 17.9. The van der Waals surface area contributed by atoms with Crippen LogP contribution < -0.4 is 5.32 Å². The number of benzene rings is 1. The maximum Gasteiger partial charge on any atom is 0.263 e. The van der Waals surface area contributed by atoms with Crippen LogP contribution in [0.3, 0.4) is 0 Å². The van der Waals surface area contributed by atoms with E-state index in [1.807, 2.05) is 6.07 Å². The van der Waals surface area contributed by atoms with Gasteiger partial charge < -0.3 is 4.52 Å². The second-order valence-corrected chi connectivity index (χ2v) is 7.02. The summed E-state index contributed by atoms with van der Waals surface area (Å²) < 4.78 is 18.5. The Labute approximate surface area is 163 Å². The zero-order chi connectivity index (χ0) is 19.5. The van der Waals surface area contributed by atoms with E-state index < -0.39 is 0 Å². The molecule has 0 atom stereocenters. The van der Waals surface area contributed by atoms with Gasteiger partial charge in [-0.15, -0.1) is 10.2 Å². The van der Waals surface area contributed by atoms with E-state index in [4.69, 9.17) is 4.52 Å². The normalized spacial score (nSPS) is 10.8. The van der Waals surface area contributed by atoms with Crippen molar-refractivity contribution in [2.75, 3.05) is 5.32 Å². The molecule has 0 fully saturated rings. The van der Waals surface area contributed by atoms with Gasteiger partial charge in [0.15, 0.2) is 0 Å². The smallest absolute Gasteiger partial charge is 0.263 e. The van der Waals surface area contributed by atoms with Crippen molar-refractivity contribution in [2.24, 2.45) is 0 Å². The number of pyridine rings is 1. The molecule has 28 heavy (non-hydrogen) atoms. The summed E-state index contributed by atoms with van der Waals surface area (Å²) >= 11 is 1.23. The molecule has 3 aromatic heterocycles. The fourth-order valence-electron chi connectivity index (χ4n) is 2.70. The van der Waals surface area contributed by atoms with Crippen molar-refractivity contribution in [1.29, 1.82) is 0 Å². The highest BCUT2D eigenvalue weighted by Crippen LogP contribution is 2.26. The number of amides is 1. The van der Waals surface area contributed by atoms with E-state index >= 15 is 0 Å². The van der Waals surface area contributed by atoms with Crippen molar-refractivity contribution in [2.45, 2.75) is 13.3 Å². The molecule has 9 heteroatoms. The lowest BCUT2D eigenvalue weighted by Gasteiger charge is -2.02. The summed E-state index contributed by atoms with van der Waals surface area (Å²) in [5.41, 5.74) is 2.26. The third-order valence-electron chi connectivity index (χ3n) is 3.98. The maximum absolute atomic E-state index is 13.3. The second kappa shape index (κ2) is 7.65. The number of carbonyl (C=O) groups excluding carboxylic acids is 1. The molecule has 7 nitrogen and oxygen atoms in total. The van der Waals surface area contributed by atoms with Crippen molar-refractivity contribution in [3.05, 3.63) is 76.5 Å². The molecule has 0 aliphatic carbocycles. The lowest BCUT2D eigenvalue weighted by molar-refractivity contribution is 0.102. The Morgan fingerprint density at radius 2 is 2.04 bits per heavy atom. The van der Waals surface area contributed by atoms with E-state index in [9.17, 15) is 9.18 Å². The van der Waals surface area contributed by atoms with Gasteiger partial charge in [-0.25, -0.2) is 4.39 Å². The second-order valence-electron chi connectivity index (χ2n) is 5.96.